The first-order valence-electron chi connectivity index (χ1n) is 2.85. The second kappa shape index (κ2) is 2.13. The third-order valence-electron chi connectivity index (χ3n) is 1.23. The van der Waals surface area contributed by atoms with Crippen LogP contribution in [0.25, 0.3) is 0 Å². The van der Waals surface area contributed by atoms with Crippen molar-refractivity contribution in [2.24, 2.45) is 0 Å². The van der Waals surface area contributed by atoms with Crippen molar-refractivity contribution in [3.63, 3.8) is 0 Å². The van der Waals surface area contributed by atoms with E-state index in [4.69, 9.17) is 5.73 Å². The lowest BCUT2D eigenvalue weighted by Gasteiger charge is -1.86. The van der Waals surface area contributed by atoms with Gasteiger partial charge in [0.2, 0.25) is 5.76 Å². The Morgan fingerprint density at radius 1 is 1.70 bits per heavy atom. The van der Waals surface area contributed by atoms with Crippen LogP contribution in [0.5, 0.6) is 0 Å². The molecule has 0 spiro atoms. The number of hydrogen-bond acceptors (Lipinski definition) is 4. The van der Waals surface area contributed by atoms with E-state index in [2.05, 4.69) is 9.68 Å². The van der Waals surface area contributed by atoms with Crippen molar-refractivity contribution < 1.29 is 9.32 Å². The molecule has 1 rings (SSSR count). The maximum Gasteiger partial charge on any atom is 0.225 e. The zero-order chi connectivity index (χ0) is 7.72. The van der Waals surface area contributed by atoms with Crippen LogP contribution in [0.1, 0.15) is 23.2 Å². The van der Waals surface area contributed by atoms with Gasteiger partial charge in [0.05, 0.1) is 0 Å². The summed E-state index contributed by atoms with van der Waals surface area (Å²) in [6.07, 6.45) is 0. The molecule has 54 valence electrons. The minimum absolute atomic E-state index is 0.150. The minimum Gasteiger partial charge on any atom is -0.394 e. The molecule has 4 nitrogen and oxygen atoms in total. The van der Waals surface area contributed by atoms with Crippen molar-refractivity contribution in [2.75, 3.05) is 5.73 Å². The first-order chi connectivity index (χ1) is 4.63. The van der Waals surface area contributed by atoms with Gasteiger partial charge in [0.15, 0.2) is 5.78 Å². The van der Waals surface area contributed by atoms with Crippen molar-refractivity contribution in [1.82, 2.24) is 5.16 Å². The summed E-state index contributed by atoms with van der Waals surface area (Å²) in [7, 11) is 0. The van der Waals surface area contributed by atoms with Gasteiger partial charge < -0.3 is 10.3 Å². The Labute approximate surface area is 58.0 Å². The number of nitrogens with zero attached hydrogens (tertiary/aromatic N) is 1. The fourth-order valence-electron chi connectivity index (χ4n) is 0.631. The van der Waals surface area contributed by atoms with Crippen molar-refractivity contribution in [3.8, 4) is 0 Å². The van der Waals surface area contributed by atoms with E-state index in [0.717, 1.165) is 0 Å². The van der Waals surface area contributed by atoms with Crippen LogP contribution in [0.15, 0.2) is 4.52 Å². The van der Waals surface area contributed by atoms with E-state index < -0.39 is 0 Å². The third-order valence-corrected chi connectivity index (χ3v) is 1.23. The van der Waals surface area contributed by atoms with E-state index >= 15 is 0 Å². The Morgan fingerprint density at radius 2 is 2.30 bits per heavy atom. The molecule has 1 aromatic heterocycles. The van der Waals surface area contributed by atoms with Crippen molar-refractivity contribution in [3.05, 3.63) is 11.5 Å². The Hall–Kier alpha value is -1.32. The maximum absolute atomic E-state index is 10.7. The lowest BCUT2D eigenvalue weighted by Crippen LogP contribution is -1.95. The second-order valence-corrected chi connectivity index (χ2v) is 2.07. The Morgan fingerprint density at radius 3 is 2.50 bits per heavy atom. The van der Waals surface area contributed by atoms with E-state index in [1.807, 2.05) is 0 Å². The minimum atomic E-state index is -0.196. The van der Waals surface area contributed by atoms with E-state index in [1.165, 1.54) is 6.92 Å². The number of carbonyl (C=O) groups excluding carboxylic acids is 1. The van der Waals surface area contributed by atoms with E-state index in [-0.39, 0.29) is 11.5 Å². The van der Waals surface area contributed by atoms with Gasteiger partial charge in [-0.15, -0.1) is 0 Å². The summed E-state index contributed by atoms with van der Waals surface area (Å²) in [6.45, 7) is 3.07. The van der Waals surface area contributed by atoms with Crippen LogP contribution < -0.4 is 5.73 Å². The molecule has 1 aromatic rings. The zero-order valence-corrected chi connectivity index (χ0v) is 5.84. The van der Waals surface area contributed by atoms with Gasteiger partial charge in [-0.05, 0) is 6.92 Å². The van der Waals surface area contributed by atoms with Gasteiger partial charge in [0, 0.05) is 6.92 Å². The summed E-state index contributed by atoms with van der Waals surface area (Å²) in [6, 6.07) is 0. The summed E-state index contributed by atoms with van der Waals surface area (Å²) < 4.78 is 4.63. The van der Waals surface area contributed by atoms with Crippen LogP contribution in [0.4, 0.5) is 5.69 Å². The summed E-state index contributed by atoms with van der Waals surface area (Å²) >= 11 is 0. The molecule has 10 heavy (non-hydrogen) atoms. The standard InChI is InChI=1S/C6H8N2O2/c1-3-5(7)6(4(2)9)10-8-3/h7H2,1-2H3. The van der Waals surface area contributed by atoms with Gasteiger partial charge in [-0.2, -0.15) is 0 Å². The molecule has 0 aromatic carbocycles. The average Bonchev–Trinajstić information content (AvgIpc) is 2.14. The number of aromatic nitrogens is 1. The smallest absolute Gasteiger partial charge is 0.225 e. The molecule has 0 bridgehead atoms. The van der Waals surface area contributed by atoms with Crippen LogP contribution in [-0.4, -0.2) is 10.9 Å². The average molecular weight is 140 g/mol. The number of carbonyl (C=O) groups is 1. The highest BCUT2D eigenvalue weighted by atomic mass is 16.5. The SMILES string of the molecule is CC(=O)c1onc(C)c1N. The van der Waals surface area contributed by atoms with Gasteiger partial charge in [-0.1, -0.05) is 5.16 Å². The lowest BCUT2D eigenvalue weighted by molar-refractivity contribution is 0.0979. The summed E-state index contributed by atoms with van der Waals surface area (Å²) in [5, 5.41) is 3.52. The number of hydrogen-bond donors (Lipinski definition) is 1. The number of nitrogen functional groups attached to an aromatic ring is 1. The number of anilines is 1. The molecule has 0 fully saturated rings. The quantitative estimate of drug-likeness (QED) is 0.585. The molecule has 0 aliphatic heterocycles. The van der Waals surface area contributed by atoms with Gasteiger partial charge in [0.25, 0.3) is 0 Å². The van der Waals surface area contributed by atoms with Crippen LogP contribution in [0, 0.1) is 6.92 Å². The summed E-state index contributed by atoms with van der Waals surface area (Å²) in [5.41, 5.74) is 6.33. The van der Waals surface area contributed by atoms with Gasteiger partial charge in [-0.25, -0.2) is 0 Å². The molecule has 0 saturated heterocycles. The van der Waals surface area contributed by atoms with Crippen LogP contribution in [0.3, 0.4) is 0 Å². The van der Waals surface area contributed by atoms with Gasteiger partial charge in [0.1, 0.15) is 11.4 Å². The molecule has 2 N–H and O–H groups in total. The highest BCUT2D eigenvalue weighted by molar-refractivity contribution is 5.96. The molecule has 0 aliphatic carbocycles. The molecule has 0 aliphatic rings. The van der Waals surface area contributed by atoms with Crippen LogP contribution in [-0.2, 0) is 0 Å². The molecule has 0 saturated carbocycles. The van der Waals surface area contributed by atoms with E-state index in [1.54, 1.807) is 6.92 Å². The van der Waals surface area contributed by atoms with E-state index in [9.17, 15) is 4.79 Å². The maximum atomic E-state index is 10.7. The van der Waals surface area contributed by atoms with Gasteiger partial charge >= 0.3 is 0 Å². The monoisotopic (exact) mass is 140 g/mol. The number of aryl methyl sites for hydroxylation is 1. The normalized spacial score (nSPS) is 9.80. The molecule has 0 radical (unpaired) electrons. The number of nitrogens with two attached hydrogens (primary N) is 1. The number of rotatable bonds is 1. The Balaban J connectivity index is 3.17. The van der Waals surface area contributed by atoms with Gasteiger partial charge in [-0.3, -0.25) is 4.79 Å². The molecule has 1 heterocycles. The highest BCUT2D eigenvalue weighted by Gasteiger charge is 2.12. The van der Waals surface area contributed by atoms with Crippen molar-refractivity contribution in [2.45, 2.75) is 13.8 Å². The summed E-state index contributed by atoms with van der Waals surface area (Å²) in [5.74, 6) is -0.0457. The second-order valence-electron chi connectivity index (χ2n) is 2.07. The zero-order valence-electron chi connectivity index (χ0n) is 5.84. The Kier molecular flexibility index (Phi) is 1.45. The molecular formula is C6H8N2O2. The third kappa shape index (κ3) is 0.877. The number of ketones is 1. The Bertz CT molecular complexity index is 265. The van der Waals surface area contributed by atoms with Crippen molar-refractivity contribution in [1.29, 1.82) is 0 Å². The first kappa shape index (κ1) is 6.80. The molecular weight excluding hydrogens is 132 g/mol. The molecule has 4 heteroatoms. The predicted molar refractivity (Wildman–Crippen MR) is 35.7 cm³/mol. The lowest BCUT2D eigenvalue weighted by atomic mass is 10.2. The van der Waals surface area contributed by atoms with Crippen LogP contribution >= 0.6 is 0 Å². The largest absolute Gasteiger partial charge is 0.394 e. The first-order valence-corrected chi connectivity index (χ1v) is 2.85. The highest BCUT2D eigenvalue weighted by Crippen LogP contribution is 2.15. The predicted octanol–water partition coefficient (Wildman–Crippen LogP) is 0.768. The van der Waals surface area contributed by atoms with Crippen molar-refractivity contribution >= 4 is 11.5 Å². The fourth-order valence-corrected chi connectivity index (χ4v) is 0.631. The summed E-state index contributed by atoms with van der Waals surface area (Å²) in [4.78, 5) is 10.7. The number of Topliss-reactive ketones (excluding diaryl/α,β-unsaturated/α-hetero) is 1. The van der Waals surface area contributed by atoms with Crippen LogP contribution in [0.2, 0.25) is 0 Å². The molecule has 0 atom stereocenters. The molecule has 0 unspecified atom stereocenters. The topological polar surface area (TPSA) is 69.1 Å². The molecule has 0 amide bonds. The fraction of sp³-hybridized carbons (Fsp3) is 0.333. The van der Waals surface area contributed by atoms with E-state index in [0.29, 0.717) is 11.4 Å².